The van der Waals surface area contributed by atoms with Crippen LogP contribution in [0.4, 0.5) is 0 Å². The quantitative estimate of drug-likeness (QED) is 0.439. The fraction of sp³-hybridized carbons (Fsp3) is 0.292. The molecule has 1 heteroatoms. The zero-order valence-electron chi connectivity index (χ0n) is 15.9. The SMILES string of the molecule is C.Cc1cc[n+](C)cc1.Cc1ccc(C)cc1.Cc1ccc(C)cc1. The van der Waals surface area contributed by atoms with Crippen molar-refractivity contribution in [3.05, 3.63) is 101 Å². The molecule has 0 radical (unpaired) electrons. The molecule has 1 aromatic heterocycles. The van der Waals surface area contributed by atoms with Crippen LogP contribution in [0, 0.1) is 34.6 Å². The van der Waals surface area contributed by atoms with Crippen molar-refractivity contribution >= 4 is 0 Å². The fourth-order valence-electron chi connectivity index (χ4n) is 1.85. The van der Waals surface area contributed by atoms with Gasteiger partial charge in [-0.3, -0.25) is 0 Å². The van der Waals surface area contributed by atoms with Crippen LogP contribution in [0.5, 0.6) is 0 Å². The smallest absolute Gasteiger partial charge is 0.168 e. The van der Waals surface area contributed by atoms with Gasteiger partial charge in [0.15, 0.2) is 12.4 Å². The lowest BCUT2D eigenvalue weighted by molar-refractivity contribution is -0.671. The number of rotatable bonds is 0. The Bertz CT molecular complexity index is 526. The number of nitrogens with zero attached hydrogens (tertiary/aromatic N) is 1. The zero-order chi connectivity index (χ0) is 17.9. The molecular weight excluding hydrogens is 302 g/mol. The van der Waals surface area contributed by atoms with E-state index in [-0.39, 0.29) is 7.43 Å². The van der Waals surface area contributed by atoms with E-state index in [1.807, 2.05) is 24.0 Å². The minimum atomic E-state index is 0. The standard InChI is InChI=1S/2C8H10.C7H10N.CH4/c3*1-7-3-5-8(2)6-4-7;/h3*3-6H,1-2H3;1H4/q;;+1;. The van der Waals surface area contributed by atoms with E-state index in [2.05, 4.69) is 95.3 Å². The number of benzene rings is 2. The lowest BCUT2D eigenvalue weighted by Gasteiger charge is -1.90. The van der Waals surface area contributed by atoms with Gasteiger partial charge in [0.05, 0.1) is 0 Å². The van der Waals surface area contributed by atoms with Crippen molar-refractivity contribution in [1.82, 2.24) is 0 Å². The molecular formula is C24H34N+. The fourth-order valence-corrected chi connectivity index (χ4v) is 1.85. The third-order valence-electron chi connectivity index (χ3n) is 3.58. The van der Waals surface area contributed by atoms with E-state index in [1.165, 1.54) is 27.8 Å². The maximum atomic E-state index is 2.12. The Balaban J connectivity index is 0.000000339. The lowest BCUT2D eigenvalue weighted by atomic mass is 10.2. The number of aromatic nitrogens is 1. The molecule has 1 heterocycles. The van der Waals surface area contributed by atoms with Crippen LogP contribution in [0.1, 0.15) is 35.2 Å². The molecule has 3 rings (SSSR count). The van der Waals surface area contributed by atoms with Crippen molar-refractivity contribution in [2.45, 2.75) is 42.0 Å². The third kappa shape index (κ3) is 10.9. The summed E-state index contributed by atoms with van der Waals surface area (Å²) in [6, 6.07) is 21.1. The van der Waals surface area contributed by atoms with Crippen LogP contribution in [-0.2, 0) is 7.05 Å². The van der Waals surface area contributed by atoms with Gasteiger partial charge in [0.2, 0.25) is 0 Å². The average Bonchev–Trinajstić information content (AvgIpc) is 2.57. The molecule has 0 unspecified atom stereocenters. The first kappa shape index (κ1) is 22.6. The normalized spacial score (nSPS) is 8.88. The summed E-state index contributed by atoms with van der Waals surface area (Å²) in [6.45, 7) is 10.5. The Morgan fingerprint density at radius 3 is 0.840 bits per heavy atom. The van der Waals surface area contributed by atoms with Crippen molar-refractivity contribution in [3.63, 3.8) is 0 Å². The summed E-state index contributed by atoms with van der Waals surface area (Å²) in [7, 11) is 2.01. The molecule has 0 bridgehead atoms. The molecule has 0 atom stereocenters. The van der Waals surface area contributed by atoms with Crippen LogP contribution in [0.15, 0.2) is 73.1 Å². The molecule has 0 aliphatic carbocycles. The average molecular weight is 337 g/mol. The lowest BCUT2D eigenvalue weighted by Crippen LogP contribution is -2.25. The maximum Gasteiger partial charge on any atom is 0.168 e. The molecule has 1 nitrogen and oxygen atoms in total. The Labute approximate surface area is 155 Å². The van der Waals surface area contributed by atoms with Crippen molar-refractivity contribution in [2.75, 3.05) is 0 Å². The van der Waals surface area contributed by atoms with Crippen LogP contribution >= 0.6 is 0 Å². The molecule has 0 spiro atoms. The first-order valence-corrected chi connectivity index (χ1v) is 8.35. The van der Waals surface area contributed by atoms with Gasteiger partial charge in [-0.2, -0.15) is 0 Å². The highest BCUT2D eigenvalue weighted by molar-refractivity contribution is 5.20. The first-order chi connectivity index (χ1) is 11.4. The summed E-state index contributed by atoms with van der Waals surface area (Å²) in [6.07, 6.45) is 4.07. The highest BCUT2D eigenvalue weighted by atomic mass is 14.9. The van der Waals surface area contributed by atoms with Gasteiger partial charge >= 0.3 is 0 Å². The van der Waals surface area contributed by atoms with Gasteiger partial charge in [0, 0.05) is 12.1 Å². The summed E-state index contributed by atoms with van der Waals surface area (Å²) in [5.74, 6) is 0. The molecule has 0 saturated carbocycles. The Morgan fingerprint density at radius 2 is 0.640 bits per heavy atom. The van der Waals surface area contributed by atoms with Gasteiger partial charge < -0.3 is 0 Å². The number of pyridine rings is 1. The van der Waals surface area contributed by atoms with Gasteiger partial charge in [-0.25, -0.2) is 4.57 Å². The van der Waals surface area contributed by atoms with E-state index < -0.39 is 0 Å². The number of hydrogen-bond acceptors (Lipinski definition) is 0. The topological polar surface area (TPSA) is 3.88 Å². The molecule has 0 fully saturated rings. The van der Waals surface area contributed by atoms with E-state index in [0.29, 0.717) is 0 Å². The van der Waals surface area contributed by atoms with Crippen molar-refractivity contribution in [1.29, 1.82) is 0 Å². The maximum absolute atomic E-state index is 2.12. The van der Waals surface area contributed by atoms with Gasteiger partial charge in [-0.1, -0.05) is 78.2 Å². The van der Waals surface area contributed by atoms with Crippen molar-refractivity contribution in [2.24, 2.45) is 7.05 Å². The van der Waals surface area contributed by atoms with E-state index in [1.54, 1.807) is 0 Å². The van der Waals surface area contributed by atoms with E-state index in [0.717, 1.165) is 0 Å². The van der Waals surface area contributed by atoms with Crippen LogP contribution in [0.2, 0.25) is 0 Å². The van der Waals surface area contributed by atoms with Crippen LogP contribution in [0.3, 0.4) is 0 Å². The summed E-state index contributed by atoms with van der Waals surface area (Å²) in [4.78, 5) is 0. The molecule has 3 aromatic rings. The minimum absolute atomic E-state index is 0. The molecule has 0 amide bonds. The number of aryl methyl sites for hydroxylation is 6. The van der Waals surface area contributed by atoms with Gasteiger partial charge in [-0.05, 0) is 40.2 Å². The molecule has 0 N–H and O–H groups in total. The number of hydrogen-bond donors (Lipinski definition) is 0. The Kier molecular flexibility index (Phi) is 10.9. The molecule has 0 aliphatic rings. The largest absolute Gasteiger partial charge is 0.208 e. The highest BCUT2D eigenvalue weighted by Gasteiger charge is 1.86. The second-order valence-corrected chi connectivity index (χ2v) is 6.35. The van der Waals surface area contributed by atoms with Crippen LogP contribution in [-0.4, -0.2) is 0 Å². The first-order valence-electron chi connectivity index (χ1n) is 8.35. The highest BCUT2D eigenvalue weighted by Crippen LogP contribution is 2.00. The van der Waals surface area contributed by atoms with E-state index in [4.69, 9.17) is 0 Å². The summed E-state index contributed by atoms with van der Waals surface area (Å²) in [5, 5.41) is 0. The monoisotopic (exact) mass is 336 g/mol. The van der Waals surface area contributed by atoms with Gasteiger partial charge in [-0.15, -0.1) is 0 Å². The van der Waals surface area contributed by atoms with E-state index in [9.17, 15) is 0 Å². The zero-order valence-corrected chi connectivity index (χ0v) is 15.9. The Morgan fingerprint density at radius 1 is 0.440 bits per heavy atom. The summed E-state index contributed by atoms with van der Waals surface area (Å²) >= 11 is 0. The van der Waals surface area contributed by atoms with Crippen LogP contribution in [0.25, 0.3) is 0 Å². The summed E-state index contributed by atoms with van der Waals surface area (Å²) < 4.78 is 2.02. The predicted molar refractivity (Wildman–Crippen MR) is 111 cm³/mol. The second-order valence-electron chi connectivity index (χ2n) is 6.35. The molecule has 0 aliphatic heterocycles. The molecule has 134 valence electrons. The molecule has 0 saturated heterocycles. The minimum Gasteiger partial charge on any atom is -0.208 e. The predicted octanol–water partition coefficient (Wildman–Crippen LogP) is 6.06. The second kappa shape index (κ2) is 12.0. The Hall–Kier alpha value is -2.41. The van der Waals surface area contributed by atoms with Crippen molar-refractivity contribution < 1.29 is 4.57 Å². The van der Waals surface area contributed by atoms with Gasteiger partial charge in [0.25, 0.3) is 0 Å². The summed E-state index contributed by atoms with van der Waals surface area (Å²) in [5.41, 5.74) is 6.63. The molecule has 2 aromatic carbocycles. The van der Waals surface area contributed by atoms with Crippen LogP contribution < -0.4 is 4.57 Å². The van der Waals surface area contributed by atoms with Gasteiger partial charge in [0.1, 0.15) is 7.05 Å². The third-order valence-corrected chi connectivity index (χ3v) is 3.58. The molecule has 25 heavy (non-hydrogen) atoms. The van der Waals surface area contributed by atoms with E-state index >= 15 is 0 Å². The van der Waals surface area contributed by atoms with Crippen molar-refractivity contribution in [3.8, 4) is 0 Å².